The Morgan fingerprint density at radius 2 is 1.88 bits per heavy atom. The SMILES string of the molecule is O=C(c1cccc2ccccc12)N1CCCC(Oc2ncc(Cl)cn2)C1. The van der Waals surface area contributed by atoms with E-state index < -0.39 is 0 Å². The van der Waals surface area contributed by atoms with Crippen LogP contribution in [0.4, 0.5) is 0 Å². The van der Waals surface area contributed by atoms with Crippen LogP contribution in [0.3, 0.4) is 0 Å². The Kier molecular flexibility index (Phi) is 4.71. The first-order valence-electron chi connectivity index (χ1n) is 8.62. The Morgan fingerprint density at radius 1 is 1.12 bits per heavy atom. The fourth-order valence-electron chi connectivity index (χ4n) is 3.31. The lowest BCUT2D eigenvalue weighted by Gasteiger charge is -2.32. The summed E-state index contributed by atoms with van der Waals surface area (Å²) in [6, 6.07) is 14.1. The van der Waals surface area contributed by atoms with Crippen molar-refractivity contribution in [1.29, 1.82) is 0 Å². The van der Waals surface area contributed by atoms with Gasteiger partial charge in [0.05, 0.1) is 24.0 Å². The molecule has 1 atom stereocenters. The van der Waals surface area contributed by atoms with E-state index in [-0.39, 0.29) is 12.0 Å². The van der Waals surface area contributed by atoms with Gasteiger partial charge in [-0.2, -0.15) is 0 Å². The van der Waals surface area contributed by atoms with E-state index >= 15 is 0 Å². The molecule has 0 aliphatic carbocycles. The maximum absolute atomic E-state index is 13.1. The average molecular weight is 368 g/mol. The molecule has 0 N–H and O–H groups in total. The molecule has 1 unspecified atom stereocenters. The van der Waals surface area contributed by atoms with Gasteiger partial charge in [-0.05, 0) is 29.7 Å². The van der Waals surface area contributed by atoms with Gasteiger partial charge < -0.3 is 9.64 Å². The number of carbonyl (C=O) groups excluding carboxylic acids is 1. The first-order valence-corrected chi connectivity index (χ1v) is 9.00. The van der Waals surface area contributed by atoms with Gasteiger partial charge in [-0.15, -0.1) is 0 Å². The lowest BCUT2D eigenvalue weighted by atomic mass is 10.0. The molecule has 132 valence electrons. The Morgan fingerprint density at radius 3 is 2.73 bits per heavy atom. The Labute approximate surface area is 156 Å². The van der Waals surface area contributed by atoms with Crippen molar-refractivity contribution < 1.29 is 9.53 Å². The van der Waals surface area contributed by atoms with Crippen molar-refractivity contribution in [2.75, 3.05) is 13.1 Å². The first-order chi connectivity index (χ1) is 12.7. The summed E-state index contributed by atoms with van der Waals surface area (Å²) >= 11 is 5.80. The topological polar surface area (TPSA) is 55.3 Å². The number of ether oxygens (including phenoxy) is 1. The highest BCUT2D eigenvalue weighted by atomic mass is 35.5. The molecule has 0 bridgehead atoms. The Bertz CT molecular complexity index is 924. The molecule has 1 aliphatic heterocycles. The molecule has 1 saturated heterocycles. The van der Waals surface area contributed by atoms with E-state index in [4.69, 9.17) is 16.3 Å². The first kappa shape index (κ1) is 16.8. The zero-order chi connectivity index (χ0) is 17.9. The van der Waals surface area contributed by atoms with Gasteiger partial charge in [0.1, 0.15) is 6.10 Å². The summed E-state index contributed by atoms with van der Waals surface area (Å²) in [6.07, 6.45) is 4.64. The van der Waals surface area contributed by atoms with E-state index in [0.717, 1.165) is 35.7 Å². The number of likely N-dealkylation sites (tertiary alicyclic amines) is 1. The second-order valence-corrected chi connectivity index (χ2v) is 6.78. The molecule has 0 spiro atoms. The molecule has 26 heavy (non-hydrogen) atoms. The van der Waals surface area contributed by atoms with Gasteiger partial charge in [0, 0.05) is 12.1 Å². The summed E-state index contributed by atoms with van der Waals surface area (Å²) in [5.74, 6) is 0.0344. The summed E-state index contributed by atoms with van der Waals surface area (Å²) < 4.78 is 5.84. The maximum Gasteiger partial charge on any atom is 0.316 e. The molecule has 0 saturated carbocycles. The van der Waals surface area contributed by atoms with Crippen molar-refractivity contribution in [3.63, 3.8) is 0 Å². The number of hydrogen-bond acceptors (Lipinski definition) is 4. The van der Waals surface area contributed by atoms with Crippen LogP contribution in [0.15, 0.2) is 54.9 Å². The average Bonchev–Trinajstić information content (AvgIpc) is 2.69. The number of amides is 1. The van der Waals surface area contributed by atoms with Crippen molar-refractivity contribution in [3.8, 4) is 6.01 Å². The number of halogens is 1. The van der Waals surface area contributed by atoms with Gasteiger partial charge >= 0.3 is 6.01 Å². The molecule has 6 heteroatoms. The normalized spacial score (nSPS) is 17.3. The van der Waals surface area contributed by atoms with Crippen molar-refractivity contribution in [2.45, 2.75) is 18.9 Å². The smallest absolute Gasteiger partial charge is 0.316 e. The third-order valence-electron chi connectivity index (χ3n) is 4.55. The number of aromatic nitrogens is 2. The highest BCUT2D eigenvalue weighted by Gasteiger charge is 2.27. The zero-order valence-electron chi connectivity index (χ0n) is 14.1. The van der Waals surface area contributed by atoms with E-state index in [2.05, 4.69) is 9.97 Å². The highest BCUT2D eigenvalue weighted by Crippen LogP contribution is 2.23. The second-order valence-electron chi connectivity index (χ2n) is 6.34. The number of nitrogens with zero attached hydrogens (tertiary/aromatic N) is 3. The van der Waals surface area contributed by atoms with Gasteiger partial charge in [0.2, 0.25) is 0 Å². The summed E-state index contributed by atoms with van der Waals surface area (Å²) in [5, 5.41) is 2.51. The molecular weight excluding hydrogens is 350 g/mol. The van der Waals surface area contributed by atoms with Crippen LogP contribution in [-0.2, 0) is 0 Å². The van der Waals surface area contributed by atoms with Gasteiger partial charge in [0.15, 0.2) is 0 Å². The quantitative estimate of drug-likeness (QED) is 0.703. The van der Waals surface area contributed by atoms with E-state index in [9.17, 15) is 4.79 Å². The minimum atomic E-state index is -0.121. The van der Waals surface area contributed by atoms with Gasteiger partial charge in [-0.1, -0.05) is 48.0 Å². The van der Waals surface area contributed by atoms with Gasteiger partial charge in [-0.25, -0.2) is 9.97 Å². The van der Waals surface area contributed by atoms with Crippen LogP contribution in [0.2, 0.25) is 5.02 Å². The maximum atomic E-state index is 13.1. The van der Waals surface area contributed by atoms with Crippen molar-refractivity contribution in [2.24, 2.45) is 0 Å². The fraction of sp³-hybridized carbons (Fsp3) is 0.250. The van der Waals surface area contributed by atoms with Gasteiger partial charge in [0.25, 0.3) is 5.91 Å². The second kappa shape index (κ2) is 7.30. The molecule has 3 aromatic rings. The Balaban J connectivity index is 1.51. The molecule has 1 fully saturated rings. The number of piperidine rings is 1. The lowest BCUT2D eigenvalue weighted by molar-refractivity contribution is 0.0517. The van der Waals surface area contributed by atoms with Crippen LogP contribution >= 0.6 is 11.6 Å². The van der Waals surface area contributed by atoms with Gasteiger partial charge in [-0.3, -0.25) is 4.79 Å². The fourth-order valence-corrected chi connectivity index (χ4v) is 3.41. The lowest BCUT2D eigenvalue weighted by Crippen LogP contribution is -2.44. The van der Waals surface area contributed by atoms with E-state index in [1.807, 2.05) is 47.4 Å². The predicted molar refractivity (Wildman–Crippen MR) is 101 cm³/mol. The monoisotopic (exact) mass is 367 g/mol. The van der Waals surface area contributed by atoms with Crippen molar-refractivity contribution in [3.05, 3.63) is 65.4 Å². The molecule has 1 amide bonds. The third-order valence-corrected chi connectivity index (χ3v) is 4.75. The number of rotatable bonds is 3. The molecule has 0 radical (unpaired) electrons. The van der Waals surface area contributed by atoms with Crippen LogP contribution in [0.5, 0.6) is 6.01 Å². The molecule has 1 aromatic heterocycles. The van der Waals surface area contributed by atoms with Crippen LogP contribution in [0.1, 0.15) is 23.2 Å². The number of hydrogen-bond donors (Lipinski definition) is 0. The van der Waals surface area contributed by atoms with Crippen LogP contribution in [-0.4, -0.2) is 40.0 Å². The van der Waals surface area contributed by atoms with Crippen molar-refractivity contribution in [1.82, 2.24) is 14.9 Å². The standard InChI is InChI=1S/C20H18ClN3O2/c21-15-11-22-20(23-12-15)26-16-7-4-10-24(13-16)19(25)18-9-3-6-14-5-1-2-8-17(14)18/h1-3,5-6,8-9,11-12,16H,4,7,10,13H2. The largest absolute Gasteiger partial charge is 0.458 e. The molecule has 5 nitrogen and oxygen atoms in total. The van der Waals surface area contributed by atoms with Crippen molar-refractivity contribution >= 4 is 28.3 Å². The predicted octanol–water partition coefficient (Wildman–Crippen LogP) is 3.97. The number of carbonyl (C=O) groups is 1. The number of fused-ring (bicyclic) bond motifs is 1. The molecule has 2 heterocycles. The molecule has 4 rings (SSSR count). The number of benzene rings is 2. The molecule has 2 aromatic carbocycles. The minimum Gasteiger partial charge on any atom is -0.458 e. The molecular formula is C20H18ClN3O2. The molecule has 1 aliphatic rings. The van der Waals surface area contributed by atoms with Crippen LogP contribution < -0.4 is 4.74 Å². The van der Waals surface area contributed by atoms with Crippen LogP contribution in [0.25, 0.3) is 10.8 Å². The minimum absolute atomic E-state index is 0.0344. The summed E-state index contributed by atoms with van der Waals surface area (Å²) in [6.45, 7) is 1.25. The highest BCUT2D eigenvalue weighted by molar-refractivity contribution is 6.30. The zero-order valence-corrected chi connectivity index (χ0v) is 14.9. The van der Waals surface area contributed by atoms with E-state index in [1.54, 1.807) is 0 Å². The van der Waals surface area contributed by atoms with Crippen LogP contribution in [0, 0.1) is 0 Å². The third kappa shape index (κ3) is 3.48. The summed E-state index contributed by atoms with van der Waals surface area (Å²) in [5.41, 5.74) is 0.728. The van der Waals surface area contributed by atoms with E-state index in [1.165, 1.54) is 12.4 Å². The summed E-state index contributed by atoms with van der Waals surface area (Å²) in [7, 11) is 0. The summed E-state index contributed by atoms with van der Waals surface area (Å²) in [4.78, 5) is 23.1. The Hall–Kier alpha value is -2.66. The van der Waals surface area contributed by atoms with E-state index in [0.29, 0.717) is 17.6 Å².